The number of carbonyl (C=O) groups excluding carboxylic acids is 1. The van der Waals surface area contributed by atoms with E-state index in [1.165, 1.54) is 6.08 Å². The van der Waals surface area contributed by atoms with Crippen molar-refractivity contribution in [2.45, 2.75) is 6.54 Å². The number of rotatable bonds is 4. The van der Waals surface area contributed by atoms with Crippen molar-refractivity contribution in [3.63, 3.8) is 0 Å². The number of nitriles is 1. The number of hydrogen-bond acceptors (Lipinski definition) is 3. The van der Waals surface area contributed by atoms with E-state index < -0.39 is 5.91 Å². The Bertz CT molecular complexity index is 688. The van der Waals surface area contributed by atoms with Crippen molar-refractivity contribution in [1.82, 2.24) is 10.3 Å². The van der Waals surface area contributed by atoms with Gasteiger partial charge in [0.1, 0.15) is 11.6 Å². The molecule has 0 aliphatic heterocycles. The number of amides is 1. The van der Waals surface area contributed by atoms with E-state index in [-0.39, 0.29) is 12.1 Å². The minimum absolute atomic E-state index is 0.0354. The van der Waals surface area contributed by atoms with Crippen LogP contribution in [0.1, 0.15) is 11.3 Å². The molecule has 0 atom stereocenters. The first-order chi connectivity index (χ1) is 10.2. The zero-order valence-corrected chi connectivity index (χ0v) is 11.8. The van der Waals surface area contributed by atoms with Crippen LogP contribution in [-0.4, -0.2) is 10.9 Å². The van der Waals surface area contributed by atoms with Crippen molar-refractivity contribution in [2.75, 3.05) is 0 Å². The van der Waals surface area contributed by atoms with Crippen LogP contribution in [0.5, 0.6) is 0 Å². The number of nitrogens with zero attached hydrogens (tertiary/aromatic N) is 2. The first-order valence-electron chi connectivity index (χ1n) is 6.24. The summed E-state index contributed by atoms with van der Waals surface area (Å²) in [4.78, 5) is 16.1. The molecule has 0 unspecified atom stereocenters. The normalized spacial score (nSPS) is 10.8. The molecule has 2 aromatic rings. The molecule has 0 aliphatic rings. The van der Waals surface area contributed by atoms with Crippen LogP contribution in [0.2, 0.25) is 5.02 Å². The zero-order chi connectivity index (χ0) is 15.1. The number of hydrogen-bond donors (Lipinski definition) is 1. The first kappa shape index (κ1) is 14.8. The Morgan fingerprint density at radius 2 is 2.05 bits per heavy atom. The molecule has 1 aromatic heterocycles. The highest BCUT2D eigenvalue weighted by Crippen LogP contribution is 2.12. The van der Waals surface area contributed by atoms with Crippen molar-refractivity contribution in [1.29, 1.82) is 5.26 Å². The molecule has 5 heteroatoms. The number of aromatic nitrogens is 1. The fraction of sp³-hybridized carbons (Fsp3) is 0.0625. The molecule has 0 radical (unpaired) electrons. The summed E-state index contributed by atoms with van der Waals surface area (Å²) in [5.41, 5.74) is 1.51. The molecular formula is C16H12ClN3O. The van der Waals surface area contributed by atoms with Crippen LogP contribution in [0.3, 0.4) is 0 Å². The molecule has 1 heterocycles. The summed E-state index contributed by atoms with van der Waals surface area (Å²) < 4.78 is 0. The lowest BCUT2D eigenvalue weighted by Gasteiger charge is -2.03. The summed E-state index contributed by atoms with van der Waals surface area (Å²) in [6.07, 6.45) is 3.17. The average molecular weight is 298 g/mol. The van der Waals surface area contributed by atoms with Crippen molar-refractivity contribution < 1.29 is 4.79 Å². The van der Waals surface area contributed by atoms with Gasteiger partial charge in [-0.3, -0.25) is 9.78 Å². The summed E-state index contributed by atoms with van der Waals surface area (Å²) in [5.74, 6) is -0.432. The van der Waals surface area contributed by atoms with E-state index in [0.29, 0.717) is 5.02 Å². The largest absolute Gasteiger partial charge is 0.346 e. The van der Waals surface area contributed by atoms with Gasteiger partial charge in [0, 0.05) is 11.2 Å². The molecular weight excluding hydrogens is 286 g/mol. The molecule has 2 rings (SSSR count). The molecule has 0 saturated carbocycles. The van der Waals surface area contributed by atoms with Crippen LogP contribution in [0.15, 0.2) is 54.2 Å². The van der Waals surface area contributed by atoms with Gasteiger partial charge in [-0.1, -0.05) is 29.8 Å². The average Bonchev–Trinajstić information content (AvgIpc) is 2.53. The fourth-order valence-electron chi connectivity index (χ4n) is 1.64. The molecule has 0 fully saturated rings. The second kappa shape index (κ2) is 7.22. The summed E-state index contributed by atoms with van der Waals surface area (Å²) in [6, 6.07) is 14.2. The third kappa shape index (κ3) is 4.44. The maximum Gasteiger partial charge on any atom is 0.262 e. The van der Waals surface area contributed by atoms with Crippen molar-refractivity contribution >= 4 is 23.6 Å². The smallest absolute Gasteiger partial charge is 0.262 e. The highest BCUT2D eigenvalue weighted by molar-refractivity contribution is 6.30. The molecule has 0 spiro atoms. The Balaban J connectivity index is 2.05. The molecule has 0 saturated heterocycles. The number of halogens is 1. The summed E-state index contributed by atoms with van der Waals surface area (Å²) in [7, 11) is 0. The molecule has 4 nitrogen and oxygen atoms in total. The van der Waals surface area contributed by atoms with E-state index in [2.05, 4.69) is 10.3 Å². The van der Waals surface area contributed by atoms with Crippen molar-refractivity contribution in [3.05, 3.63) is 70.5 Å². The van der Waals surface area contributed by atoms with Gasteiger partial charge in [0.25, 0.3) is 5.91 Å². The van der Waals surface area contributed by atoms with Gasteiger partial charge in [0.15, 0.2) is 0 Å². The highest BCUT2D eigenvalue weighted by Gasteiger charge is 2.08. The van der Waals surface area contributed by atoms with Crippen LogP contribution in [0.25, 0.3) is 6.08 Å². The van der Waals surface area contributed by atoms with Gasteiger partial charge in [-0.15, -0.1) is 0 Å². The van der Waals surface area contributed by atoms with Crippen LogP contribution < -0.4 is 5.32 Å². The van der Waals surface area contributed by atoms with E-state index in [9.17, 15) is 4.79 Å². The van der Waals surface area contributed by atoms with Crippen LogP contribution in [-0.2, 0) is 11.3 Å². The molecule has 0 aliphatic carbocycles. The van der Waals surface area contributed by atoms with E-state index in [0.717, 1.165) is 11.3 Å². The Hall–Kier alpha value is -2.64. The summed E-state index contributed by atoms with van der Waals surface area (Å²) in [6.45, 7) is 0.277. The monoisotopic (exact) mass is 297 g/mol. The van der Waals surface area contributed by atoms with E-state index in [1.807, 2.05) is 12.1 Å². The second-order valence-electron chi connectivity index (χ2n) is 4.23. The lowest BCUT2D eigenvalue weighted by Crippen LogP contribution is -2.24. The molecule has 1 aromatic carbocycles. The number of nitrogens with one attached hydrogen (secondary N) is 1. The second-order valence-corrected chi connectivity index (χ2v) is 4.66. The first-order valence-corrected chi connectivity index (χ1v) is 6.62. The summed E-state index contributed by atoms with van der Waals surface area (Å²) >= 11 is 5.79. The van der Waals surface area contributed by atoms with Gasteiger partial charge in [0.2, 0.25) is 0 Å². The fourth-order valence-corrected chi connectivity index (χ4v) is 1.77. The topological polar surface area (TPSA) is 65.8 Å². The van der Waals surface area contributed by atoms with Gasteiger partial charge < -0.3 is 5.32 Å². The van der Waals surface area contributed by atoms with Gasteiger partial charge in [-0.05, 0) is 35.9 Å². The van der Waals surface area contributed by atoms with E-state index in [4.69, 9.17) is 16.9 Å². The van der Waals surface area contributed by atoms with Gasteiger partial charge in [-0.25, -0.2) is 0 Å². The van der Waals surface area contributed by atoms with Crippen molar-refractivity contribution in [2.24, 2.45) is 0 Å². The third-order valence-electron chi connectivity index (χ3n) is 2.70. The van der Waals surface area contributed by atoms with Crippen molar-refractivity contribution in [3.8, 4) is 6.07 Å². The Kier molecular flexibility index (Phi) is 5.08. The minimum atomic E-state index is -0.432. The van der Waals surface area contributed by atoms with Gasteiger partial charge >= 0.3 is 0 Å². The Labute approximate surface area is 127 Å². The molecule has 21 heavy (non-hydrogen) atoms. The molecule has 0 bridgehead atoms. The lowest BCUT2D eigenvalue weighted by molar-refractivity contribution is -0.117. The quantitative estimate of drug-likeness (QED) is 0.697. The SMILES string of the molecule is N#C/C(=C\c1ccc(Cl)cc1)C(=O)NCc1ccccn1. The maximum absolute atomic E-state index is 12.0. The summed E-state index contributed by atoms with van der Waals surface area (Å²) in [5, 5.41) is 12.4. The van der Waals surface area contributed by atoms with Crippen LogP contribution in [0.4, 0.5) is 0 Å². The minimum Gasteiger partial charge on any atom is -0.346 e. The van der Waals surface area contributed by atoms with Crippen LogP contribution >= 0.6 is 11.6 Å². The van der Waals surface area contributed by atoms with E-state index in [1.54, 1.807) is 42.6 Å². The number of pyridine rings is 1. The number of benzene rings is 1. The predicted molar refractivity (Wildman–Crippen MR) is 81.1 cm³/mol. The Morgan fingerprint density at radius 3 is 2.67 bits per heavy atom. The number of carbonyl (C=O) groups is 1. The lowest BCUT2D eigenvalue weighted by atomic mass is 10.1. The molecule has 104 valence electrons. The molecule has 1 amide bonds. The maximum atomic E-state index is 12.0. The highest BCUT2D eigenvalue weighted by atomic mass is 35.5. The third-order valence-corrected chi connectivity index (χ3v) is 2.95. The zero-order valence-electron chi connectivity index (χ0n) is 11.1. The van der Waals surface area contributed by atoms with E-state index >= 15 is 0 Å². The van der Waals surface area contributed by atoms with Crippen LogP contribution in [0, 0.1) is 11.3 Å². The van der Waals surface area contributed by atoms with Gasteiger partial charge in [-0.2, -0.15) is 5.26 Å². The van der Waals surface area contributed by atoms with Gasteiger partial charge in [0.05, 0.1) is 12.2 Å². The Morgan fingerprint density at radius 1 is 1.29 bits per heavy atom. The molecule has 1 N–H and O–H groups in total. The standard InChI is InChI=1S/C16H12ClN3O/c17-14-6-4-12(5-7-14)9-13(10-18)16(21)20-11-15-3-1-2-8-19-15/h1-9H,11H2,(H,20,21)/b13-9+. The predicted octanol–water partition coefficient (Wildman–Crippen LogP) is 2.96.